The first-order chi connectivity index (χ1) is 18.1. The highest BCUT2D eigenvalue weighted by atomic mass is 32.1. The van der Waals surface area contributed by atoms with E-state index in [1.807, 2.05) is 36.4 Å². The lowest BCUT2D eigenvalue weighted by Crippen LogP contribution is -2.27. The van der Waals surface area contributed by atoms with Crippen LogP contribution in [0.2, 0.25) is 0 Å². The number of thiol groups is 1. The summed E-state index contributed by atoms with van der Waals surface area (Å²) in [7, 11) is 1.43. The summed E-state index contributed by atoms with van der Waals surface area (Å²) in [6.07, 6.45) is -0.717. The Morgan fingerprint density at radius 1 is 1.08 bits per heavy atom. The van der Waals surface area contributed by atoms with E-state index in [9.17, 15) is 10.2 Å². The van der Waals surface area contributed by atoms with Crippen LogP contribution in [0.25, 0.3) is 11.2 Å². The SMILES string of the molecule is COC=C1O[C@@H](n2cnc3c(NCC(c4ccccc4)c4ccccc4)nc(COS)nc32)[C@H](O)[C@@H]1O. The van der Waals surface area contributed by atoms with Gasteiger partial charge in [-0.3, -0.25) is 4.57 Å². The Kier molecular flexibility index (Phi) is 7.56. The molecule has 3 heterocycles. The Bertz CT molecular complexity index is 1330. The average molecular weight is 522 g/mol. The summed E-state index contributed by atoms with van der Waals surface area (Å²) in [6.45, 7) is 0.585. The van der Waals surface area contributed by atoms with Crippen LogP contribution in [0.5, 0.6) is 0 Å². The minimum atomic E-state index is -1.25. The Morgan fingerprint density at radius 2 is 1.76 bits per heavy atom. The normalized spacial score (nSPS) is 20.5. The maximum absolute atomic E-state index is 10.6. The summed E-state index contributed by atoms with van der Waals surface area (Å²) in [5.41, 5.74) is 3.20. The molecule has 3 atom stereocenters. The molecule has 0 spiro atoms. The van der Waals surface area contributed by atoms with Gasteiger partial charge in [-0.15, -0.1) is 0 Å². The van der Waals surface area contributed by atoms with Gasteiger partial charge in [-0.25, -0.2) is 15.0 Å². The number of hydrogen-bond donors (Lipinski definition) is 4. The first-order valence-electron chi connectivity index (χ1n) is 11.7. The van der Waals surface area contributed by atoms with Gasteiger partial charge in [0.1, 0.15) is 31.4 Å². The van der Waals surface area contributed by atoms with Gasteiger partial charge in [-0.2, -0.15) is 0 Å². The molecule has 2 aromatic heterocycles. The number of rotatable bonds is 9. The molecule has 4 aromatic rings. The molecule has 1 aliphatic heterocycles. The number of nitrogens with one attached hydrogen (secondary N) is 1. The molecule has 0 radical (unpaired) electrons. The molecule has 192 valence electrons. The lowest BCUT2D eigenvalue weighted by Gasteiger charge is -2.20. The van der Waals surface area contributed by atoms with Crippen molar-refractivity contribution in [1.29, 1.82) is 0 Å². The van der Waals surface area contributed by atoms with Crippen LogP contribution < -0.4 is 5.32 Å². The van der Waals surface area contributed by atoms with Crippen molar-refractivity contribution in [3.05, 3.63) is 96.0 Å². The van der Waals surface area contributed by atoms with Gasteiger partial charge in [-0.1, -0.05) is 60.7 Å². The molecule has 11 heteroatoms. The van der Waals surface area contributed by atoms with E-state index in [0.29, 0.717) is 29.4 Å². The van der Waals surface area contributed by atoms with E-state index in [1.165, 1.54) is 19.7 Å². The van der Waals surface area contributed by atoms with Crippen LogP contribution in [0.1, 0.15) is 29.1 Å². The highest BCUT2D eigenvalue weighted by molar-refractivity contribution is 7.75. The van der Waals surface area contributed by atoms with E-state index in [-0.39, 0.29) is 18.3 Å². The van der Waals surface area contributed by atoms with Gasteiger partial charge >= 0.3 is 0 Å². The van der Waals surface area contributed by atoms with Gasteiger partial charge in [0, 0.05) is 12.5 Å². The second-order valence-corrected chi connectivity index (χ2v) is 8.80. The lowest BCUT2D eigenvalue weighted by atomic mass is 9.91. The second kappa shape index (κ2) is 11.2. The minimum Gasteiger partial charge on any atom is -0.501 e. The maximum Gasteiger partial charge on any atom is 0.207 e. The topological polar surface area (TPSA) is 124 Å². The summed E-state index contributed by atoms with van der Waals surface area (Å²) in [4.78, 5) is 13.7. The number of ether oxygens (including phenoxy) is 2. The van der Waals surface area contributed by atoms with Crippen molar-refractivity contribution in [2.45, 2.75) is 31.0 Å². The van der Waals surface area contributed by atoms with Crippen molar-refractivity contribution >= 4 is 29.9 Å². The highest BCUT2D eigenvalue weighted by Gasteiger charge is 2.42. The molecular weight excluding hydrogens is 494 g/mol. The third kappa shape index (κ3) is 5.12. The number of hydrogen-bond acceptors (Lipinski definition) is 10. The number of fused-ring (bicyclic) bond motifs is 1. The standard InChI is InChI=1S/C26H27N5O5S/c1-34-13-19-22(32)23(33)26(36-19)31-15-28-21-24(29-20(14-35-37)30-25(21)31)27-12-18(16-8-4-2-5-9-16)17-10-6-3-7-11-17/h2-11,13,15,18,22-23,26,32-33,37H,12,14H2,1H3,(H,27,29,30)/t22-,23-,26-/m1/s1. The van der Waals surface area contributed by atoms with Gasteiger partial charge in [0.25, 0.3) is 0 Å². The Labute approximate surface area is 219 Å². The summed E-state index contributed by atoms with van der Waals surface area (Å²) in [5.74, 6) is 1.03. The number of nitrogens with zero attached hydrogens (tertiary/aromatic N) is 4. The number of benzene rings is 2. The second-order valence-electron chi connectivity index (χ2n) is 8.54. The van der Waals surface area contributed by atoms with Crippen LogP contribution >= 0.6 is 12.9 Å². The molecule has 1 aliphatic rings. The van der Waals surface area contributed by atoms with Crippen molar-refractivity contribution in [1.82, 2.24) is 19.5 Å². The van der Waals surface area contributed by atoms with E-state index in [0.717, 1.165) is 11.1 Å². The molecule has 3 N–H and O–H groups in total. The molecular formula is C26H27N5O5S. The highest BCUT2D eigenvalue weighted by Crippen LogP contribution is 2.35. The molecule has 5 rings (SSSR count). The number of aromatic nitrogens is 4. The molecule has 1 saturated heterocycles. The predicted octanol–water partition coefficient (Wildman–Crippen LogP) is 3.17. The van der Waals surface area contributed by atoms with Gasteiger partial charge < -0.3 is 29.2 Å². The zero-order valence-corrected chi connectivity index (χ0v) is 20.9. The molecule has 0 bridgehead atoms. The van der Waals surface area contributed by atoms with E-state index in [1.54, 1.807) is 4.57 Å². The van der Waals surface area contributed by atoms with Gasteiger partial charge in [0.2, 0.25) is 6.23 Å². The molecule has 0 unspecified atom stereocenters. The van der Waals surface area contributed by atoms with Crippen LogP contribution in [-0.2, 0) is 20.3 Å². The molecule has 37 heavy (non-hydrogen) atoms. The fraction of sp³-hybridized carbons (Fsp3) is 0.269. The number of imidazole rings is 1. The summed E-state index contributed by atoms with van der Waals surface area (Å²) < 4.78 is 17.3. The number of aliphatic hydroxyl groups is 2. The van der Waals surface area contributed by atoms with E-state index in [4.69, 9.17) is 13.7 Å². The number of methoxy groups -OCH3 is 1. The van der Waals surface area contributed by atoms with Gasteiger partial charge in [0.15, 0.2) is 28.6 Å². The van der Waals surface area contributed by atoms with E-state index >= 15 is 0 Å². The first-order valence-corrected chi connectivity index (χ1v) is 12.1. The average Bonchev–Trinajstić information content (AvgIpc) is 3.47. The van der Waals surface area contributed by atoms with Gasteiger partial charge in [-0.05, 0) is 24.0 Å². The Hall–Kier alpha value is -3.64. The monoisotopic (exact) mass is 521 g/mol. The number of anilines is 1. The van der Waals surface area contributed by atoms with Crippen molar-refractivity contribution in [2.75, 3.05) is 19.0 Å². The summed E-state index contributed by atoms with van der Waals surface area (Å²) in [6, 6.07) is 20.4. The zero-order valence-electron chi connectivity index (χ0n) is 20.0. The zero-order chi connectivity index (χ0) is 25.8. The van der Waals surface area contributed by atoms with Crippen LogP contribution in [0.3, 0.4) is 0 Å². The Morgan fingerprint density at radius 3 is 2.38 bits per heavy atom. The maximum atomic E-state index is 10.6. The van der Waals surface area contributed by atoms with Crippen LogP contribution in [0, 0.1) is 0 Å². The van der Waals surface area contributed by atoms with Crippen LogP contribution in [-0.4, -0.2) is 55.6 Å². The molecule has 0 saturated carbocycles. The molecule has 2 aromatic carbocycles. The third-order valence-corrected chi connectivity index (χ3v) is 6.34. The van der Waals surface area contributed by atoms with E-state index in [2.05, 4.69) is 57.4 Å². The fourth-order valence-corrected chi connectivity index (χ4v) is 4.54. The van der Waals surface area contributed by atoms with E-state index < -0.39 is 18.4 Å². The fourth-order valence-electron chi connectivity index (χ4n) is 4.43. The smallest absolute Gasteiger partial charge is 0.207 e. The third-order valence-electron chi connectivity index (χ3n) is 6.21. The van der Waals surface area contributed by atoms with Crippen molar-refractivity contribution in [3.8, 4) is 0 Å². The first kappa shape index (κ1) is 25.0. The molecule has 0 aliphatic carbocycles. The van der Waals surface area contributed by atoms with Crippen LogP contribution in [0.15, 0.2) is 79.0 Å². The molecule has 10 nitrogen and oxygen atoms in total. The Balaban J connectivity index is 1.50. The number of aliphatic hydroxyl groups excluding tert-OH is 2. The summed E-state index contributed by atoms with van der Waals surface area (Å²) in [5, 5.41) is 24.4. The predicted molar refractivity (Wildman–Crippen MR) is 140 cm³/mol. The lowest BCUT2D eigenvalue weighted by molar-refractivity contribution is -0.0121. The van der Waals surface area contributed by atoms with Crippen molar-refractivity contribution in [2.24, 2.45) is 0 Å². The van der Waals surface area contributed by atoms with Gasteiger partial charge in [0.05, 0.1) is 7.11 Å². The summed E-state index contributed by atoms with van der Waals surface area (Å²) >= 11 is 3.86. The van der Waals surface area contributed by atoms with Crippen molar-refractivity contribution in [3.63, 3.8) is 0 Å². The largest absolute Gasteiger partial charge is 0.501 e. The quantitative estimate of drug-likeness (QED) is 0.149. The van der Waals surface area contributed by atoms with Crippen molar-refractivity contribution < 1.29 is 23.9 Å². The molecule has 0 amide bonds. The minimum absolute atomic E-state index is 0.0469. The van der Waals surface area contributed by atoms with Crippen LogP contribution in [0.4, 0.5) is 5.82 Å². The molecule has 1 fully saturated rings.